The lowest BCUT2D eigenvalue weighted by molar-refractivity contribution is -0.146. The third-order valence-electron chi connectivity index (χ3n) is 5.44. The Morgan fingerprint density at radius 2 is 1.82 bits per heavy atom. The van der Waals surface area contributed by atoms with Crippen molar-refractivity contribution in [3.63, 3.8) is 0 Å². The van der Waals surface area contributed by atoms with E-state index in [1.165, 1.54) is 7.11 Å². The molecule has 1 atom stereocenters. The van der Waals surface area contributed by atoms with Crippen molar-refractivity contribution in [3.05, 3.63) is 23.3 Å². The molecule has 0 saturated carbocycles. The maximum Gasteiger partial charge on any atom is 0.305 e. The van der Waals surface area contributed by atoms with Gasteiger partial charge in [0.15, 0.2) is 11.5 Å². The van der Waals surface area contributed by atoms with Crippen LogP contribution in [0.5, 0.6) is 11.5 Å². The SMILES string of the molecule is COc1cc2c(cc1OC)C(CC(=O)O)N(C(=O)CN1CCCCC1=O)CC2. The molecule has 3 rings (SSSR count). The average Bonchev–Trinajstić information content (AvgIpc) is 2.68. The molecule has 2 heterocycles. The van der Waals surface area contributed by atoms with E-state index >= 15 is 0 Å². The zero-order valence-electron chi connectivity index (χ0n) is 16.3. The molecule has 1 saturated heterocycles. The standard InChI is InChI=1S/C20H26N2O6/c1-27-16-9-13-6-8-22(19(24)12-21-7-4-3-5-18(21)23)15(11-20(25)26)14(13)10-17(16)28-2/h9-10,15H,3-8,11-12H2,1-2H3,(H,25,26). The lowest BCUT2D eigenvalue weighted by Gasteiger charge is -2.38. The number of rotatable bonds is 6. The summed E-state index contributed by atoms with van der Waals surface area (Å²) in [6.07, 6.45) is 2.58. The second kappa shape index (κ2) is 8.50. The van der Waals surface area contributed by atoms with Gasteiger partial charge in [-0.15, -0.1) is 0 Å². The Hall–Kier alpha value is -2.77. The van der Waals surface area contributed by atoms with Crippen LogP contribution >= 0.6 is 0 Å². The van der Waals surface area contributed by atoms with Gasteiger partial charge < -0.3 is 24.4 Å². The van der Waals surface area contributed by atoms with E-state index in [0.717, 1.165) is 24.0 Å². The quantitative estimate of drug-likeness (QED) is 0.793. The van der Waals surface area contributed by atoms with Crippen molar-refractivity contribution in [2.45, 2.75) is 38.1 Å². The number of hydrogen-bond donors (Lipinski definition) is 1. The van der Waals surface area contributed by atoms with Crippen LogP contribution < -0.4 is 9.47 Å². The molecule has 0 bridgehead atoms. The maximum atomic E-state index is 13.0. The molecule has 1 aromatic carbocycles. The highest BCUT2D eigenvalue weighted by Gasteiger charge is 2.35. The first-order valence-electron chi connectivity index (χ1n) is 9.48. The molecule has 2 aliphatic heterocycles. The molecule has 2 amide bonds. The van der Waals surface area contributed by atoms with Gasteiger partial charge in [-0.3, -0.25) is 14.4 Å². The van der Waals surface area contributed by atoms with Crippen molar-refractivity contribution >= 4 is 17.8 Å². The fourth-order valence-corrected chi connectivity index (χ4v) is 4.00. The summed E-state index contributed by atoms with van der Waals surface area (Å²) in [6.45, 7) is 0.975. The van der Waals surface area contributed by atoms with Crippen LogP contribution in [0.2, 0.25) is 0 Å². The van der Waals surface area contributed by atoms with Crippen LogP contribution in [-0.2, 0) is 20.8 Å². The van der Waals surface area contributed by atoms with Crippen molar-refractivity contribution in [1.82, 2.24) is 9.80 Å². The summed E-state index contributed by atoms with van der Waals surface area (Å²) in [4.78, 5) is 39.7. The van der Waals surface area contributed by atoms with Crippen molar-refractivity contribution in [2.24, 2.45) is 0 Å². The summed E-state index contributed by atoms with van der Waals surface area (Å²) in [5.41, 5.74) is 1.70. The summed E-state index contributed by atoms with van der Waals surface area (Å²) in [5.74, 6) is -0.147. The average molecular weight is 390 g/mol. The van der Waals surface area contributed by atoms with Crippen LogP contribution in [0.25, 0.3) is 0 Å². The molecule has 1 fully saturated rings. The van der Waals surface area contributed by atoms with Gasteiger partial charge >= 0.3 is 5.97 Å². The number of carbonyl (C=O) groups excluding carboxylic acids is 2. The number of methoxy groups -OCH3 is 2. The number of ether oxygens (including phenoxy) is 2. The lowest BCUT2D eigenvalue weighted by Crippen LogP contribution is -2.48. The summed E-state index contributed by atoms with van der Waals surface area (Å²) < 4.78 is 10.7. The second-order valence-electron chi connectivity index (χ2n) is 7.13. The molecular formula is C20H26N2O6. The molecule has 28 heavy (non-hydrogen) atoms. The van der Waals surface area contributed by atoms with E-state index in [9.17, 15) is 19.5 Å². The van der Waals surface area contributed by atoms with Gasteiger partial charge in [-0.25, -0.2) is 0 Å². The van der Waals surface area contributed by atoms with Crippen LogP contribution in [0.3, 0.4) is 0 Å². The zero-order chi connectivity index (χ0) is 20.3. The molecule has 1 N–H and O–H groups in total. The molecular weight excluding hydrogens is 364 g/mol. The monoisotopic (exact) mass is 390 g/mol. The first kappa shape index (κ1) is 20.0. The van der Waals surface area contributed by atoms with Crippen molar-refractivity contribution in [1.29, 1.82) is 0 Å². The summed E-state index contributed by atoms with van der Waals surface area (Å²) in [6, 6.07) is 3.00. The highest BCUT2D eigenvalue weighted by Crippen LogP contribution is 2.39. The van der Waals surface area contributed by atoms with Crippen LogP contribution in [0.1, 0.15) is 42.9 Å². The first-order chi connectivity index (χ1) is 13.4. The van der Waals surface area contributed by atoms with Crippen LogP contribution in [0, 0.1) is 0 Å². The topological polar surface area (TPSA) is 96.4 Å². The first-order valence-corrected chi connectivity index (χ1v) is 9.48. The molecule has 0 radical (unpaired) electrons. The lowest BCUT2D eigenvalue weighted by atomic mass is 9.90. The molecule has 8 heteroatoms. The minimum atomic E-state index is -0.987. The molecule has 0 aromatic heterocycles. The largest absolute Gasteiger partial charge is 0.493 e. The number of hydrogen-bond acceptors (Lipinski definition) is 5. The predicted octanol–water partition coefficient (Wildman–Crippen LogP) is 1.62. The Balaban J connectivity index is 1.88. The smallest absolute Gasteiger partial charge is 0.305 e. The maximum absolute atomic E-state index is 13.0. The molecule has 0 aliphatic carbocycles. The molecule has 1 unspecified atom stereocenters. The van der Waals surface area contributed by atoms with Crippen molar-refractivity contribution < 1.29 is 29.0 Å². The molecule has 1 aromatic rings. The van der Waals surface area contributed by atoms with E-state index in [1.54, 1.807) is 23.0 Å². The van der Waals surface area contributed by atoms with Crippen LogP contribution in [0.4, 0.5) is 0 Å². The third-order valence-corrected chi connectivity index (χ3v) is 5.44. The Kier molecular flexibility index (Phi) is 6.06. The number of benzene rings is 1. The van der Waals surface area contributed by atoms with Gasteiger partial charge in [0.1, 0.15) is 0 Å². The Morgan fingerprint density at radius 1 is 1.11 bits per heavy atom. The highest BCUT2D eigenvalue weighted by atomic mass is 16.5. The number of aliphatic carboxylic acids is 1. The zero-order valence-corrected chi connectivity index (χ0v) is 16.3. The van der Waals surface area contributed by atoms with Gasteiger partial charge in [-0.05, 0) is 42.5 Å². The summed E-state index contributed by atoms with van der Waals surface area (Å²) in [7, 11) is 3.07. The van der Waals surface area contributed by atoms with Crippen molar-refractivity contribution in [2.75, 3.05) is 33.9 Å². The van der Waals surface area contributed by atoms with Gasteiger partial charge in [0.2, 0.25) is 11.8 Å². The molecule has 8 nitrogen and oxygen atoms in total. The minimum absolute atomic E-state index is 0.00241. The van der Waals surface area contributed by atoms with E-state index in [1.807, 2.05) is 6.07 Å². The van der Waals surface area contributed by atoms with Gasteiger partial charge in [0.25, 0.3) is 0 Å². The van der Waals surface area contributed by atoms with Gasteiger partial charge in [-0.2, -0.15) is 0 Å². The van der Waals surface area contributed by atoms with Crippen LogP contribution in [0.15, 0.2) is 12.1 Å². The number of piperidine rings is 1. The number of likely N-dealkylation sites (tertiary alicyclic amines) is 1. The Morgan fingerprint density at radius 3 is 2.46 bits per heavy atom. The number of carboxylic acid groups (broad SMARTS) is 1. The van der Waals surface area contributed by atoms with E-state index in [0.29, 0.717) is 37.4 Å². The number of carboxylic acids is 1. The van der Waals surface area contributed by atoms with E-state index < -0.39 is 12.0 Å². The molecule has 152 valence electrons. The van der Waals surface area contributed by atoms with Crippen molar-refractivity contribution in [3.8, 4) is 11.5 Å². The molecule has 2 aliphatic rings. The van der Waals surface area contributed by atoms with E-state index in [2.05, 4.69) is 0 Å². The number of nitrogens with zero attached hydrogens (tertiary/aromatic N) is 2. The highest BCUT2D eigenvalue weighted by molar-refractivity contribution is 5.86. The number of carbonyl (C=O) groups is 3. The summed E-state index contributed by atoms with van der Waals surface area (Å²) >= 11 is 0. The number of fused-ring (bicyclic) bond motifs is 1. The fourth-order valence-electron chi connectivity index (χ4n) is 4.00. The van der Waals surface area contributed by atoms with Crippen LogP contribution in [-0.4, -0.2) is 66.5 Å². The van der Waals surface area contributed by atoms with Gasteiger partial charge in [-0.1, -0.05) is 0 Å². The fraction of sp³-hybridized carbons (Fsp3) is 0.550. The number of amides is 2. The van der Waals surface area contributed by atoms with E-state index in [4.69, 9.17) is 9.47 Å². The van der Waals surface area contributed by atoms with Gasteiger partial charge in [0, 0.05) is 19.5 Å². The normalized spacial score (nSPS) is 19.2. The van der Waals surface area contributed by atoms with E-state index in [-0.39, 0.29) is 24.8 Å². The minimum Gasteiger partial charge on any atom is -0.493 e. The Bertz CT molecular complexity index is 778. The summed E-state index contributed by atoms with van der Waals surface area (Å²) in [5, 5.41) is 9.42. The third kappa shape index (κ3) is 4.05. The second-order valence-corrected chi connectivity index (χ2v) is 7.13. The molecule has 0 spiro atoms. The Labute approximate surface area is 164 Å². The predicted molar refractivity (Wildman–Crippen MR) is 100 cm³/mol. The van der Waals surface area contributed by atoms with Gasteiger partial charge in [0.05, 0.1) is 33.2 Å².